The zero-order valence-corrected chi connectivity index (χ0v) is 11.2. The summed E-state index contributed by atoms with van der Waals surface area (Å²) in [6.07, 6.45) is 9.83. The van der Waals surface area contributed by atoms with Gasteiger partial charge >= 0.3 is 0 Å². The van der Waals surface area contributed by atoms with Crippen LogP contribution in [-0.2, 0) is 0 Å². The molecule has 2 aliphatic heterocycles. The minimum Gasteiger partial charge on any atom is -0.325 e. The number of fused-ring (bicyclic) bond motifs is 2. The Kier molecular flexibility index (Phi) is 2.86. The fourth-order valence-corrected chi connectivity index (χ4v) is 3.51. The minimum atomic E-state index is 0.612. The van der Waals surface area contributed by atoms with Gasteiger partial charge in [0.25, 0.3) is 0 Å². The quantitative estimate of drug-likeness (QED) is 0.840. The number of nitrogens with zero attached hydrogens (tertiary/aromatic N) is 2. The van der Waals surface area contributed by atoms with Crippen LogP contribution in [-0.4, -0.2) is 21.6 Å². The molecule has 1 saturated carbocycles. The molecule has 1 aromatic heterocycles. The number of nitrogens with one attached hydrogen (secondary N) is 1. The van der Waals surface area contributed by atoms with Crippen molar-refractivity contribution >= 4 is 12.2 Å². The molecule has 3 fully saturated rings. The van der Waals surface area contributed by atoms with E-state index in [9.17, 15) is 0 Å². The van der Waals surface area contributed by atoms with Crippen LogP contribution in [0.2, 0.25) is 0 Å². The van der Waals surface area contributed by atoms with Crippen molar-refractivity contribution in [3.8, 4) is 0 Å². The van der Waals surface area contributed by atoms with E-state index in [4.69, 9.17) is 0 Å². The van der Waals surface area contributed by atoms with E-state index in [1.54, 1.807) is 0 Å². The standard InChI is InChI=1S/C15H21N3/c1-4-6-14-15(5-2)18(10(3)16-14)13-8-11-7-12(9-13)17-11/h4-6,11-13,17H,1,7-9H2,2-3H3/b14-6+,15-5+. The second-order valence-electron chi connectivity index (χ2n) is 5.41. The Labute approximate surface area is 108 Å². The van der Waals surface area contributed by atoms with Crippen LogP contribution < -0.4 is 16.0 Å². The maximum Gasteiger partial charge on any atom is 0.106 e. The van der Waals surface area contributed by atoms with Crippen molar-refractivity contribution in [1.29, 1.82) is 0 Å². The molecule has 1 N–H and O–H groups in total. The fraction of sp³-hybridized carbons (Fsp3) is 0.533. The first-order valence-electron chi connectivity index (χ1n) is 6.83. The maximum absolute atomic E-state index is 4.67. The third-order valence-corrected chi connectivity index (χ3v) is 4.22. The first kappa shape index (κ1) is 11.7. The van der Waals surface area contributed by atoms with Crippen molar-refractivity contribution < 1.29 is 0 Å². The van der Waals surface area contributed by atoms with Crippen LogP contribution in [0.5, 0.6) is 0 Å². The van der Waals surface area contributed by atoms with E-state index in [0.29, 0.717) is 6.04 Å². The van der Waals surface area contributed by atoms with E-state index in [1.807, 2.05) is 12.2 Å². The first-order valence-corrected chi connectivity index (χ1v) is 6.83. The average Bonchev–Trinajstić information content (AvgIpc) is 2.65. The van der Waals surface area contributed by atoms with Crippen LogP contribution in [0.15, 0.2) is 12.7 Å². The van der Waals surface area contributed by atoms with Crippen molar-refractivity contribution in [3.05, 3.63) is 29.2 Å². The lowest BCUT2D eigenvalue weighted by Gasteiger charge is -2.47. The molecule has 3 aliphatic rings. The van der Waals surface area contributed by atoms with Crippen molar-refractivity contribution in [2.24, 2.45) is 0 Å². The lowest BCUT2D eigenvalue weighted by atomic mass is 9.79. The molecule has 4 rings (SSSR count). The number of imidazole rings is 1. The summed E-state index contributed by atoms with van der Waals surface area (Å²) < 4.78 is 2.43. The van der Waals surface area contributed by atoms with Crippen LogP contribution >= 0.6 is 0 Å². The van der Waals surface area contributed by atoms with E-state index in [1.165, 1.54) is 24.6 Å². The molecule has 2 saturated heterocycles. The largest absolute Gasteiger partial charge is 0.325 e. The van der Waals surface area contributed by atoms with E-state index < -0.39 is 0 Å². The zero-order chi connectivity index (χ0) is 12.7. The van der Waals surface area contributed by atoms with Gasteiger partial charge in [0.15, 0.2) is 0 Å². The fourth-order valence-electron chi connectivity index (χ4n) is 3.51. The molecule has 0 amide bonds. The Balaban J connectivity index is 2.06. The molecule has 3 nitrogen and oxygen atoms in total. The molecule has 3 heteroatoms. The van der Waals surface area contributed by atoms with E-state index >= 15 is 0 Å². The van der Waals surface area contributed by atoms with Gasteiger partial charge in [-0.25, -0.2) is 4.98 Å². The Morgan fingerprint density at radius 1 is 1.33 bits per heavy atom. The second-order valence-corrected chi connectivity index (χ2v) is 5.41. The van der Waals surface area contributed by atoms with Crippen LogP contribution in [0.3, 0.4) is 0 Å². The molecule has 1 aliphatic carbocycles. The molecule has 96 valence electrons. The molecule has 1 aromatic rings. The predicted molar refractivity (Wildman–Crippen MR) is 74.6 cm³/mol. The Hall–Kier alpha value is -1.35. The van der Waals surface area contributed by atoms with Gasteiger partial charge in [0.05, 0.1) is 10.7 Å². The van der Waals surface area contributed by atoms with Gasteiger partial charge in [-0.05, 0) is 39.2 Å². The Bertz CT molecular complexity index is 566. The average molecular weight is 243 g/mol. The number of aryl methyl sites for hydroxylation is 1. The third kappa shape index (κ3) is 1.74. The first-order chi connectivity index (χ1) is 8.72. The number of hydrogen-bond acceptors (Lipinski definition) is 2. The molecule has 3 heterocycles. The molecule has 0 radical (unpaired) electrons. The highest BCUT2D eigenvalue weighted by Gasteiger charge is 2.38. The van der Waals surface area contributed by atoms with Gasteiger partial charge in [-0.15, -0.1) is 0 Å². The second kappa shape index (κ2) is 4.39. The molecule has 2 atom stereocenters. The van der Waals surface area contributed by atoms with Crippen molar-refractivity contribution in [2.75, 3.05) is 0 Å². The highest BCUT2D eigenvalue weighted by atomic mass is 15.1. The zero-order valence-electron chi connectivity index (χ0n) is 11.2. The molecular weight excluding hydrogens is 222 g/mol. The van der Waals surface area contributed by atoms with Gasteiger partial charge in [0.2, 0.25) is 0 Å². The van der Waals surface area contributed by atoms with Gasteiger partial charge in [-0.2, -0.15) is 0 Å². The minimum absolute atomic E-state index is 0.612. The van der Waals surface area contributed by atoms with Crippen LogP contribution in [0, 0.1) is 6.92 Å². The van der Waals surface area contributed by atoms with Crippen LogP contribution in [0.25, 0.3) is 12.2 Å². The lowest BCUT2D eigenvalue weighted by molar-refractivity contribution is 0.129. The normalized spacial score (nSPS) is 32.4. The van der Waals surface area contributed by atoms with E-state index in [0.717, 1.165) is 23.3 Å². The number of allylic oxidation sites excluding steroid dienone is 1. The molecule has 2 bridgehead atoms. The Morgan fingerprint density at radius 3 is 2.56 bits per heavy atom. The smallest absolute Gasteiger partial charge is 0.106 e. The molecule has 0 spiro atoms. The summed E-state index contributed by atoms with van der Waals surface area (Å²) in [5.41, 5.74) is 0. The van der Waals surface area contributed by atoms with Gasteiger partial charge < -0.3 is 9.88 Å². The Morgan fingerprint density at radius 2 is 2.00 bits per heavy atom. The molecule has 2 unspecified atom stereocenters. The highest BCUT2D eigenvalue weighted by molar-refractivity contribution is 5.34. The van der Waals surface area contributed by atoms with Gasteiger partial charge in [-0.1, -0.05) is 18.7 Å². The van der Waals surface area contributed by atoms with Gasteiger partial charge in [-0.3, -0.25) is 0 Å². The van der Waals surface area contributed by atoms with E-state index in [-0.39, 0.29) is 0 Å². The highest BCUT2D eigenvalue weighted by Crippen LogP contribution is 2.35. The summed E-state index contributed by atoms with van der Waals surface area (Å²) in [7, 11) is 0. The summed E-state index contributed by atoms with van der Waals surface area (Å²) in [6, 6.07) is 2.07. The maximum atomic E-state index is 4.67. The molecule has 18 heavy (non-hydrogen) atoms. The predicted octanol–water partition coefficient (Wildman–Crippen LogP) is 1.02. The van der Waals surface area contributed by atoms with Crippen LogP contribution in [0.1, 0.15) is 38.1 Å². The monoisotopic (exact) mass is 243 g/mol. The number of piperidine rings is 1. The third-order valence-electron chi connectivity index (χ3n) is 4.22. The number of rotatable bonds is 2. The number of hydrogen-bond donors (Lipinski definition) is 1. The van der Waals surface area contributed by atoms with Gasteiger partial charge in [0, 0.05) is 18.1 Å². The molecular formula is C15H21N3. The summed E-state index contributed by atoms with van der Waals surface area (Å²) in [4.78, 5) is 4.67. The van der Waals surface area contributed by atoms with Crippen molar-refractivity contribution in [2.45, 2.75) is 51.2 Å². The van der Waals surface area contributed by atoms with Gasteiger partial charge in [0.1, 0.15) is 5.82 Å². The van der Waals surface area contributed by atoms with E-state index in [2.05, 4.69) is 41.4 Å². The molecule has 0 aromatic carbocycles. The summed E-state index contributed by atoms with van der Waals surface area (Å²) in [5, 5.41) is 5.90. The summed E-state index contributed by atoms with van der Waals surface area (Å²) >= 11 is 0. The van der Waals surface area contributed by atoms with Crippen molar-refractivity contribution in [3.63, 3.8) is 0 Å². The summed E-state index contributed by atoms with van der Waals surface area (Å²) in [6.45, 7) is 7.98. The van der Waals surface area contributed by atoms with Crippen molar-refractivity contribution in [1.82, 2.24) is 14.9 Å². The van der Waals surface area contributed by atoms with Crippen LogP contribution in [0.4, 0.5) is 0 Å². The number of aromatic nitrogens is 2. The lowest BCUT2D eigenvalue weighted by Crippen LogP contribution is -2.58. The summed E-state index contributed by atoms with van der Waals surface area (Å²) in [5.74, 6) is 1.13. The SMILES string of the molecule is C=C/C=c1/nc(C)n(C2CC3CC(C2)N3)/c1=C/C. The topological polar surface area (TPSA) is 29.9 Å².